The molecule has 2 saturated heterocycles. The molecule has 2 aliphatic rings. The van der Waals surface area contributed by atoms with Crippen LogP contribution in [0.5, 0.6) is 5.75 Å². The van der Waals surface area contributed by atoms with Gasteiger partial charge in [-0.3, -0.25) is 95.9 Å². The quantitative estimate of drug-likeness (QED) is 0.0255. The third kappa shape index (κ3) is 107. The third-order valence-electron chi connectivity index (χ3n) is 14.4. The van der Waals surface area contributed by atoms with Crippen molar-refractivity contribution in [3.05, 3.63) is 83.9 Å². The lowest BCUT2D eigenvalue weighted by atomic mass is 10.1. The van der Waals surface area contributed by atoms with Gasteiger partial charge in [-0.05, 0) is 115 Å². The van der Waals surface area contributed by atoms with Crippen LogP contribution in [0.4, 0.5) is 0 Å². The Morgan fingerprint density at radius 3 is 0.810 bits per heavy atom. The van der Waals surface area contributed by atoms with Crippen molar-refractivity contribution in [1.82, 2.24) is 20.6 Å². The maximum Gasteiger partial charge on any atom is 0.323 e. The summed E-state index contributed by atoms with van der Waals surface area (Å²) in [7, 11) is 0. The van der Waals surface area contributed by atoms with Gasteiger partial charge in [0.1, 0.15) is 96.4 Å². The van der Waals surface area contributed by atoms with Crippen molar-refractivity contribution in [2.24, 2.45) is 97.5 Å². The molecular formula is C74H135N21O42. The Bertz CT molecular complexity index is 3740. The van der Waals surface area contributed by atoms with Gasteiger partial charge in [0.25, 0.3) is 0 Å². The molecule has 5 rings (SSSR count). The predicted molar refractivity (Wildman–Crippen MR) is 473 cm³/mol. The second kappa shape index (κ2) is 89.9. The van der Waals surface area contributed by atoms with Crippen LogP contribution in [0.1, 0.15) is 108 Å². The molecule has 16 atom stereocenters. The molecular weight excluding hydrogens is 1850 g/mol. The first-order valence-corrected chi connectivity index (χ1v) is 38.9. The highest BCUT2D eigenvalue weighted by atomic mass is 16.4. The number of hydrogen-bond donors (Lipinski definition) is 42. The van der Waals surface area contributed by atoms with E-state index in [4.69, 9.17) is 198 Å². The van der Waals surface area contributed by atoms with Crippen LogP contribution in [0.3, 0.4) is 0 Å². The smallest absolute Gasteiger partial charge is 0.323 e. The van der Waals surface area contributed by atoms with Crippen LogP contribution in [0.25, 0.3) is 0 Å². The summed E-state index contributed by atoms with van der Waals surface area (Å²) in [6.07, 6.45) is 6.34. The van der Waals surface area contributed by atoms with Gasteiger partial charge < -0.3 is 225 Å². The number of H-pyrrole nitrogens is 1. The lowest BCUT2D eigenvalue weighted by Gasteiger charge is -2.06. The number of aliphatic hydroxyl groups excluding tert-OH is 4. The summed E-state index contributed by atoms with van der Waals surface area (Å²) in [6, 6.07) is 2.39. The zero-order valence-electron chi connectivity index (χ0n) is 74.5. The molecule has 63 nitrogen and oxygen atoms in total. The Morgan fingerprint density at radius 1 is 0.365 bits per heavy atom. The standard InChI is InChI=1S/C9H11NO3.C9H11NO2.C6H9N3O2.2C5H10N2O3.C5H9NO4.2C5H9NO2.C4H8N2O3.C4H9NO3.3C3H7NO3.2C3H7NO2.C2H5NO2/c10-8(9(12)13)5-6-1-3-7(11)4-2-6;10-8(9(11)12)6-7-4-2-1-3-5-7;7-5(6(10)11)1-4-2-8-3-9-4;3*6-3(5(9)10)1-2-4(7)8;2*7-5(8)4-2-1-3-6-4;5-2(4(8)9)1-3(6)7;1-2(6)3(5)4(7)8;3*4-2(1-5)3(6)7;2*1-2(4)3(5)6;3-1-2(4)5/h1-4,8,11H,5,10H2,(H,12,13);1-5,8H,6,10H2,(H,11,12);2-3,5H,1,7H2,(H,8,9)(H,10,11);2*3H,1-2,6H2,(H2,7,8)(H,9,10);3H,1-2,6H2,(H,7,8)(H,9,10);2*4,6H,1-3H2,(H,7,8);2H,1,5H2,(H2,6,7)(H,8,9);2-3,6H,5H2,1H3,(H,7,8);3*2,5H,1,4H2,(H,6,7);2*2H,4H2,1H3,(H,5,6);1,3H2,(H,4,5)/t2*8-;5-;3*3-;2*4-;2-;2-,3+;5*2-;/m000000000100000./s1. The maximum atomic E-state index is 10.4. The molecule has 0 unspecified atom stereocenters. The Balaban J connectivity index is -0.000000138. The molecule has 788 valence electrons. The van der Waals surface area contributed by atoms with Gasteiger partial charge in [-0.25, -0.2) is 4.98 Å². The molecule has 0 aliphatic carbocycles. The number of phenolic OH excluding ortho intramolecular Hbond substituents is 1. The number of benzene rings is 2. The van der Waals surface area contributed by atoms with Gasteiger partial charge in [0.2, 0.25) is 17.7 Å². The number of hydrogen-bond acceptors (Lipinski definition) is 42. The van der Waals surface area contributed by atoms with Gasteiger partial charge in [0.15, 0.2) is 0 Å². The number of carbonyl (C=O) groups excluding carboxylic acids is 3. The van der Waals surface area contributed by atoms with Crippen LogP contribution >= 0.6 is 0 Å². The van der Waals surface area contributed by atoms with Gasteiger partial charge in [-0.15, -0.1) is 0 Å². The first-order chi connectivity index (χ1) is 62.9. The van der Waals surface area contributed by atoms with Crippen molar-refractivity contribution in [3.63, 3.8) is 0 Å². The van der Waals surface area contributed by atoms with Gasteiger partial charge in [0.05, 0.1) is 50.9 Å². The predicted octanol–water partition coefficient (Wildman–Crippen LogP) is -13.3. The van der Waals surface area contributed by atoms with Crippen molar-refractivity contribution in [3.8, 4) is 5.75 Å². The molecule has 59 N–H and O–H groups in total. The van der Waals surface area contributed by atoms with Gasteiger partial charge in [0, 0.05) is 31.9 Å². The first-order valence-electron chi connectivity index (χ1n) is 38.9. The monoisotopic (exact) mass is 1990 g/mol. The van der Waals surface area contributed by atoms with E-state index in [0.717, 1.165) is 49.9 Å². The van der Waals surface area contributed by atoms with Crippen LogP contribution < -0.4 is 108 Å². The number of amides is 3. The fourth-order valence-electron chi connectivity index (χ4n) is 6.42. The number of aliphatic carboxylic acids is 17. The average molecular weight is 1990 g/mol. The number of nitrogens with one attached hydrogen (secondary N) is 3. The number of carboxylic acid groups (broad SMARTS) is 17. The summed E-state index contributed by atoms with van der Waals surface area (Å²) in [6.45, 7) is 4.09. The van der Waals surface area contributed by atoms with Crippen molar-refractivity contribution in [1.29, 1.82) is 0 Å². The molecule has 2 aliphatic heterocycles. The lowest BCUT2D eigenvalue weighted by Crippen LogP contribution is -2.39. The Hall–Kier alpha value is -14.0. The minimum absolute atomic E-state index is 0.0213. The minimum atomic E-state index is -1.21. The molecule has 2 fully saturated rings. The van der Waals surface area contributed by atoms with Crippen LogP contribution in [-0.4, -0.2) is 378 Å². The summed E-state index contributed by atoms with van der Waals surface area (Å²) in [4.78, 5) is 205. The summed E-state index contributed by atoms with van der Waals surface area (Å²) in [5, 5.41) is 185. The normalized spacial score (nSPS) is 14.7. The SMILES string of the molecule is C[C@@H](O)[C@H](N)C(=O)O.C[C@H](N)C(=O)O.C[C@H](N)C(=O)O.NC(=O)CC[C@H](N)C(=O)O.NC(=O)CC[C@H](N)C(=O)O.NC(=O)C[C@H](N)C(=O)O.NCC(=O)O.N[C@@H](CCC(=O)O)C(=O)O.N[C@@H](CO)C(=O)O.N[C@@H](CO)C(=O)O.N[C@@H](CO)C(=O)O.N[C@@H](Cc1c[nH]cn1)C(=O)O.N[C@@H](Cc1ccc(O)cc1)C(=O)O.N[C@@H](Cc1ccccc1)C(=O)O.O=C(O)[C@@H]1CCCN1.O=C(O)[C@@H]1CCCN1. The molecule has 2 aromatic carbocycles. The van der Waals surface area contributed by atoms with Gasteiger partial charge in [-0.2, -0.15) is 0 Å². The van der Waals surface area contributed by atoms with E-state index in [-0.39, 0.29) is 82.2 Å². The largest absolute Gasteiger partial charge is 0.508 e. The number of aliphatic hydroxyl groups is 4. The second-order valence-corrected chi connectivity index (χ2v) is 26.9. The van der Waals surface area contributed by atoms with E-state index < -0.39 is 224 Å². The average Bonchev–Trinajstić information content (AvgIpc) is 1.50. The summed E-state index contributed by atoms with van der Waals surface area (Å²) >= 11 is 0. The van der Waals surface area contributed by atoms with E-state index in [1.54, 1.807) is 18.3 Å². The molecule has 3 aromatic rings. The number of imidazole rings is 1. The van der Waals surface area contributed by atoms with Crippen LogP contribution in [0.15, 0.2) is 67.1 Å². The zero-order chi connectivity index (χ0) is 110. The summed E-state index contributed by atoms with van der Waals surface area (Å²) in [5.74, 6) is -19.3. The highest BCUT2D eigenvalue weighted by Gasteiger charge is 2.23. The second-order valence-electron chi connectivity index (χ2n) is 26.9. The summed E-state index contributed by atoms with van der Waals surface area (Å²) in [5.41, 5.74) is 86.0. The molecule has 137 heavy (non-hydrogen) atoms. The highest BCUT2D eigenvalue weighted by molar-refractivity contribution is 5.83. The fraction of sp³-hybridized carbons (Fsp3) is 0.527. The Kier molecular flexibility index (Phi) is 95.8. The van der Waals surface area contributed by atoms with Crippen LogP contribution in [0.2, 0.25) is 0 Å². The van der Waals surface area contributed by atoms with Gasteiger partial charge in [-0.1, -0.05) is 42.5 Å². The number of carbonyl (C=O) groups is 20. The number of aromatic amines is 1. The van der Waals surface area contributed by atoms with Crippen molar-refractivity contribution in [2.75, 3.05) is 39.5 Å². The van der Waals surface area contributed by atoms with E-state index in [0.29, 0.717) is 12.1 Å². The van der Waals surface area contributed by atoms with Gasteiger partial charge >= 0.3 is 101 Å². The van der Waals surface area contributed by atoms with Crippen molar-refractivity contribution >= 4 is 119 Å². The molecule has 3 amide bonds. The van der Waals surface area contributed by atoms with Crippen molar-refractivity contribution in [2.45, 2.75) is 207 Å². The lowest BCUT2D eigenvalue weighted by molar-refractivity contribution is -0.141. The van der Waals surface area contributed by atoms with Crippen LogP contribution in [-0.2, 0) is 115 Å². The van der Waals surface area contributed by atoms with Crippen molar-refractivity contribution < 1.29 is 208 Å². The molecule has 63 heteroatoms. The zero-order valence-corrected chi connectivity index (χ0v) is 74.5. The Morgan fingerprint density at radius 2 is 0.642 bits per heavy atom. The van der Waals surface area contributed by atoms with Crippen LogP contribution in [0, 0.1) is 0 Å². The molecule has 0 saturated carbocycles. The molecule has 3 heterocycles. The number of aromatic nitrogens is 2. The van der Waals surface area contributed by atoms with E-state index in [9.17, 15) is 95.9 Å². The van der Waals surface area contributed by atoms with E-state index >= 15 is 0 Å². The fourth-order valence-corrected chi connectivity index (χ4v) is 6.42. The highest BCUT2D eigenvalue weighted by Crippen LogP contribution is 2.11. The number of nitrogens with two attached hydrogens (primary N) is 17. The molecule has 1 aromatic heterocycles. The molecule has 0 radical (unpaired) electrons. The molecule has 0 bridgehead atoms. The van der Waals surface area contributed by atoms with E-state index in [1.165, 1.54) is 39.2 Å². The van der Waals surface area contributed by atoms with E-state index in [2.05, 4.69) is 32.1 Å². The molecule has 0 spiro atoms. The number of rotatable bonds is 37. The van der Waals surface area contributed by atoms with E-state index in [1.807, 2.05) is 30.3 Å². The number of nitrogens with zero attached hydrogens (tertiary/aromatic N) is 1. The number of aromatic hydroxyl groups is 1. The number of phenols is 1. The Labute approximate surface area is 779 Å². The topological polar surface area (TPSA) is 1280 Å². The summed E-state index contributed by atoms with van der Waals surface area (Å²) < 4.78 is 0. The number of primary amides is 3. The number of carboxylic acids is 17. The minimum Gasteiger partial charge on any atom is -0.508 e. The maximum absolute atomic E-state index is 10.4. The third-order valence-corrected chi connectivity index (χ3v) is 14.4. The first kappa shape index (κ1) is 146.